The van der Waals surface area contributed by atoms with Gasteiger partial charge in [0.1, 0.15) is 6.04 Å². The minimum Gasteiger partial charge on any atom is -0.359 e. The molecule has 0 unspecified atom stereocenters. The minimum absolute atomic E-state index is 0.110. The lowest BCUT2D eigenvalue weighted by Gasteiger charge is -2.24. The van der Waals surface area contributed by atoms with E-state index < -0.39 is 6.04 Å². The van der Waals surface area contributed by atoms with Gasteiger partial charge in [-0.1, -0.05) is 24.3 Å². The van der Waals surface area contributed by atoms with Crippen molar-refractivity contribution in [2.75, 3.05) is 13.6 Å². The highest BCUT2D eigenvalue weighted by Gasteiger charge is 2.30. The number of carbonyl (C=O) groups excluding carboxylic acids is 3. The summed E-state index contributed by atoms with van der Waals surface area (Å²) in [5, 5.41) is 5.26. The Morgan fingerprint density at radius 1 is 1.27 bits per heavy atom. The first-order valence-corrected chi connectivity index (χ1v) is 7.34. The highest BCUT2D eigenvalue weighted by atomic mass is 16.2. The van der Waals surface area contributed by atoms with E-state index in [1.54, 1.807) is 11.9 Å². The summed E-state index contributed by atoms with van der Waals surface area (Å²) in [5.74, 6) is -0.485. The Bertz CT molecular complexity index is 586. The maximum Gasteiger partial charge on any atom is 0.245 e. The lowest BCUT2D eigenvalue weighted by molar-refractivity contribution is -0.136. The molecule has 0 radical (unpaired) electrons. The zero-order chi connectivity index (χ0) is 16.1. The van der Waals surface area contributed by atoms with E-state index >= 15 is 0 Å². The van der Waals surface area contributed by atoms with E-state index in [9.17, 15) is 14.4 Å². The lowest BCUT2D eigenvalue weighted by atomic mass is 10.0. The molecule has 1 aromatic rings. The first-order chi connectivity index (χ1) is 10.5. The summed E-state index contributed by atoms with van der Waals surface area (Å²) in [6.07, 6.45) is 0.724. The molecule has 2 rings (SSSR count). The van der Waals surface area contributed by atoms with Gasteiger partial charge in [-0.15, -0.1) is 0 Å². The molecule has 118 valence electrons. The Kier molecular flexibility index (Phi) is 5.14. The summed E-state index contributed by atoms with van der Waals surface area (Å²) in [7, 11) is 1.57. The number of rotatable bonds is 4. The standard InChI is InChI=1S/C16H21N3O3/c1-11(20)18-14-9-12-5-3-4-6-13(12)10-19(16(14)22)8-7-15(21)17-2/h3-6,14H,7-10H2,1-2H3,(H,17,21)(H,18,20)/t14-/m0/s1. The number of nitrogens with one attached hydrogen (secondary N) is 2. The summed E-state index contributed by atoms with van der Waals surface area (Å²) in [4.78, 5) is 37.1. The van der Waals surface area contributed by atoms with Gasteiger partial charge in [0.05, 0.1) is 0 Å². The van der Waals surface area contributed by atoms with Crippen LogP contribution in [0.15, 0.2) is 24.3 Å². The average Bonchev–Trinajstić information content (AvgIpc) is 2.62. The zero-order valence-electron chi connectivity index (χ0n) is 12.9. The third kappa shape index (κ3) is 3.84. The van der Waals surface area contributed by atoms with E-state index in [1.165, 1.54) is 6.92 Å². The molecule has 0 saturated carbocycles. The Hall–Kier alpha value is -2.37. The van der Waals surface area contributed by atoms with E-state index in [2.05, 4.69) is 10.6 Å². The van der Waals surface area contributed by atoms with Crippen molar-refractivity contribution in [3.05, 3.63) is 35.4 Å². The van der Waals surface area contributed by atoms with Crippen molar-refractivity contribution < 1.29 is 14.4 Å². The van der Waals surface area contributed by atoms with Gasteiger partial charge in [0.2, 0.25) is 17.7 Å². The summed E-state index contributed by atoms with van der Waals surface area (Å²) < 4.78 is 0. The molecule has 6 nitrogen and oxygen atoms in total. The number of fused-ring (bicyclic) bond motifs is 1. The van der Waals surface area contributed by atoms with Gasteiger partial charge < -0.3 is 15.5 Å². The molecule has 0 bridgehead atoms. The topological polar surface area (TPSA) is 78.5 Å². The second-order valence-electron chi connectivity index (χ2n) is 5.41. The smallest absolute Gasteiger partial charge is 0.245 e. The second kappa shape index (κ2) is 7.06. The molecule has 1 atom stereocenters. The average molecular weight is 303 g/mol. The molecular formula is C16H21N3O3. The summed E-state index contributed by atoms with van der Waals surface area (Å²) in [5.41, 5.74) is 2.11. The van der Waals surface area contributed by atoms with Crippen molar-refractivity contribution in [1.29, 1.82) is 0 Å². The second-order valence-corrected chi connectivity index (χ2v) is 5.41. The maximum atomic E-state index is 12.6. The zero-order valence-corrected chi connectivity index (χ0v) is 12.9. The molecule has 6 heteroatoms. The van der Waals surface area contributed by atoms with Crippen LogP contribution in [0.4, 0.5) is 0 Å². The number of carbonyl (C=O) groups is 3. The van der Waals surface area contributed by atoms with E-state index in [0.717, 1.165) is 11.1 Å². The van der Waals surface area contributed by atoms with E-state index in [1.807, 2.05) is 24.3 Å². The normalized spacial score (nSPS) is 17.5. The molecule has 1 aromatic carbocycles. The van der Waals surface area contributed by atoms with Crippen LogP contribution in [0.2, 0.25) is 0 Å². The van der Waals surface area contributed by atoms with Crippen molar-refractivity contribution in [2.45, 2.75) is 32.4 Å². The Labute approximate surface area is 129 Å². The van der Waals surface area contributed by atoms with Crippen molar-refractivity contribution >= 4 is 17.7 Å². The van der Waals surface area contributed by atoms with E-state index in [0.29, 0.717) is 19.5 Å². The first-order valence-electron chi connectivity index (χ1n) is 7.34. The van der Waals surface area contributed by atoms with Gasteiger partial charge in [-0.2, -0.15) is 0 Å². The Morgan fingerprint density at radius 2 is 1.95 bits per heavy atom. The predicted octanol–water partition coefficient (Wildman–Crippen LogP) is 0.212. The van der Waals surface area contributed by atoms with Crippen LogP contribution in [0.5, 0.6) is 0 Å². The minimum atomic E-state index is -0.578. The van der Waals surface area contributed by atoms with Crippen LogP contribution in [-0.2, 0) is 27.3 Å². The highest BCUT2D eigenvalue weighted by molar-refractivity contribution is 5.88. The molecule has 0 aliphatic carbocycles. The third-order valence-electron chi connectivity index (χ3n) is 3.78. The van der Waals surface area contributed by atoms with E-state index in [4.69, 9.17) is 0 Å². The summed E-state index contributed by atoms with van der Waals surface area (Å²) in [6.45, 7) is 2.20. The molecule has 1 aliphatic rings. The van der Waals surface area contributed by atoms with Crippen LogP contribution in [0, 0.1) is 0 Å². The van der Waals surface area contributed by atoms with Crippen LogP contribution in [0.25, 0.3) is 0 Å². The molecule has 1 aliphatic heterocycles. The maximum absolute atomic E-state index is 12.6. The molecule has 1 heterocycles. The molecule has 0 fully saturated rings. The number of nitrogens with zero attached hydrogens (tertiary/aromatic N) is 1. The fourth-order valence-electron chi connectivity index (χ4n) is 2.63. The molecule has 0 aromatic heterocycles. The third-order valence-corrected chi connectivity index (χ3v) is 3.78. The van der Waals surface area contributed by atoms with Crippen LogP contribution >= 0.6 is 0 Å². The first kappa shape index (κ1) is 16.0. The quantitative estimate of drug-likeness (QED) is 0.835. The molecule has 3 amide bonds. The van der Waals surface area contributed by atoms with Crippen molar-refractivity contribution in [2.24, 2.45) is 0 Å². The molecular weight excluding hydrogens is 282 g/mol. The molecule has 22 heavy (non-hydrogen) atoms. The number of benzene rings is 1. The predicted molar refractivity (Wildman–Crippen MR) is 81.9 cm³/mol. The van der Waals surface area contributed by atoms with Crippen molar-refractivity contribution in [3.8, 4) is 0 Å². The van der Waals surface area contributed by atoms with Crippen molar-refractivity contribution in [1.82, 2.24) is 15.5 Å². The SMILES string of the molecule is CNC(=O)CCN1Cc2ccccc2C[C@H](NC(C)=O)C1=O. The van der Waals surface area contributed by atoms with Crippen LogP contribution < -0.4 is 10.6 Å². The van der Waals surface area contributed by atoms with Gasteiger partial charge in [-0.05, 0) is 11.1 Å². The number of hydrogen-bond acceptors (Lipinski definition) is 3. The van der Waals surface area contributed by atoms with Crippen LogP contribution in [0.1, 0.15) is 24.5 Å². The van der Waals surface area contributed by atoms with E-state index in [-0.39, 0.29) is 24.1 Å². The number of amides is 3. The fraction of sp³-hybridized carbons (Fsp3) is 0.438. The Morgan fingerprint density at radius 3 is 2.59 bits per heavy atom. The van der Waals surface area contributed by atoms with Crippen LogP contribution in [-0.4, -0.2) is 42.3 Å². The Balaban J connectivity index is 2.22. The number of hydrogen-bond donors (Lipinski definition) is 2. The molecule has 0 saturated heterocycles. The van der Waals surface area contributed by atoms with Gasteiger partial charge in [0.15, 0.2) is 0 Å². The molecule has 0 spiro atoms. The summed E-state index contributed by atoms with van der Waals surface area (Å²) >= 11 is 0. The van der Waals surface area contributed by atoms with Crippen LogP contribution in [0.3, 0.4) is 0 Å². The van der Waals surface area contributed by atoms with Crippen molar-refractivity contribution in [3.63, 3.8) is 0 Å². The summed E-state index contributed by atoms with van der Waals surface area (Å²) in [6, 6.07) is 7.23. The van der Waals surface area contributed by atoms with Gasteiger partial charge >= 0.3 is 0 Å². The lowest BCUT2D eigenvalue weighted by Crippen LogP contribution is -2.48. The highest BCUT2D eigenvalue weighted by Crippen LogP contribution is 2.20. The fourth-order valence-corrected chi connectivity index (χ4v) is 2.63. The molecule has 2 N–H and O–H groups in total. The van der Waals surface area contributed by atoms with Gasteiger partial charge in [-0.25, -0.2) is 0 Å². The van der Waals surface area contributed by atoms with Gasteiger partial charge in [0, 0.05) is 39.9 Å². The van der Waals surface area contributed by atoms with Gasteiger partial charge in [0.25, 0.3) is 0 Å². The monoisotopic (exact) mass is 303 g/mol. The van der Waals surface area contributed by atoms with Gasteiger partial charge in [-0.3, -0.25) is 14.4 Å². The largest absolute Gasteiger partial charge is 0.359 e.